The largest absolute Gasteiger partial charge is 0.486 e. The minimum atomic E-state index is 0.311. The van der Waals surface area contributed by atoms with Gasteiger partial charge in [-0.1, -0.05) is 29.3 Å². The van der Waals surface area contributed by atoms with Crippen molar-refractivity contribution in [3.63, 3.8) is 0 Å². The van der Waals surface area contributed by atoms with Crippen molar-refractivity contribution in [1.29, 1.82) is 0 Å². The number of pyridine rings is 1. The van der Waals surface area contributed by atoms with E-state index in [1.165, 1.54) is 0 Å². The Morgan fingerprint density at radius 1 is 1.16 bits per heavy atom. The number of rotatable bonds is 4. The molecule has 0 aliphatic carbocycles. The minimum absolute atomic E-state index is 0.311. The summed E-state index contributed by atoms with van der Waals surface area (Å²) in [5.74, 6) is 0.523. The molecule has 2 N–H and O–H groups in total. The molecule has 1 aromatic carbocycles. The molecule has 2 rings (SSSR count). The van der Waals surface area contributed by atoms with Gasteiger partial charge in [-0.25, -0.2) is 0 Å². The molecular weight excluding hydrogens is 351 g/mol. The summed E-state index contributed by atoms with van der Waals surface area (Å²) < 4.78 is 6.35. The molecule has 1 aromatic heterocycles. The summed E-state index contributed by atoms with van der Waals surface area (Å²) >= 11 is 15.4. The molecule has 0 saturated heterocycles. The van der Waals surface area contributed by atoms with E-state index in [-0.39, 0.29) is 0 Å². The summed E-state index contributed by atoms with van der Waals surface area (Å²) in [4.78, 5) is 4.34. The highest BCUT2D eigenvalue weighted by atomic mass is 79.9. The molecule has 0 amide bonds. The van der Waals surface area contributed by atoms with E-state index in [0.717, 1.165) is 15.9 Å². The Hall–Kier alpha value is -0.810. The minimum Gasteiger partial charge on any atom is -0.486 e. The van der Waals surface area contributed by atoms with Crippen LogP contribution in [0.1, 0.15) is 11.4 Å². The number of nitrogens with zero attached hydrogens (tertiary/aromatic N) is 1. The van der Waals surface area contributed by atoms with E-state index in [0.29, 0.717) is 28.9 Å². The smallest absolute Gasteiger partial charge is 0.140 e. The van der Waals surface area contributed by atoms with Gasteiger partial charge in [-0.05, 0) is 34.1 Å². The first-order chi connectivity index (χ1) is 9.10. The first-order valence-electron chi connectivity index (χ1n) is 5.52. The van der Waals surface area contributed by atoms with Crippen molar-refractivity contribution in [2.45, 2.75) is 13.2 Å². The molecule has 3 nitrogen and oxygen atoms in total. The molecule has 0 radical (unpaired) electrons. The van der Waals surface area contributed by atoms with Crippen molar-refractivity contribution in [2.75, 3.05) is 0 Å². The SMILES string of the molecule is NCc1cccc(COc2cc(Cl)c(Br)cc2Cl)n1. The van der Waals surface area contributed by atoms with Crippen LogP contribution >= 0.6 is 39.1 Å². The number of nitrogens with two attached hydrogens (primary N) is 1. The van der Waals surface area contributed by atoms with Crippen LogP contribution in [0.4, 0.5) is 0 Å². The van der Waals surface area contributed by atoms with Crippen molar-refractivity contribution in [3.05, 3.63) is 56.2 Å². The zero-order valence-electron chi connectivity index (χ0n) is 9.87. The van der Waals surface area contributed by atoms with Gasteiger partial charge in [0, 0.05) is 17.1 Å². The van der Waals surface area contributed by atoms with Crippen molar-refractivity contribution < 1.29 is 4.74 Å². The van der Waals surface area contributed by atoms with Crippen LogP contribution in [0.25, 0.3) is 0 Å². The lowest BCUT2D eigenvalue weighted by molar-refractivity contribution is 0.301. The molecule has 0 atom stereocenters. The van der Waals surface area contributed by atoms with Crippen LogP contribution in [0, 0.1) is 0 Å². The van der Waals surface area contributed by atoms with Gasteiger partial charge in [-0.3, -0.25) is 4.98 Å². The fraction of sp³-hybridized carbons (Fsp3) is 0.154. The van der Waals surface area contributed by atoms with Crippen LogP contribution in [0.15, 0.2) is 34.8 Å². The summed E-state index contributed by atoms with van der Waals surface area (Å²) in [6.07, 6.45) is 0. The average molecular weight is 362 g/mol. The zero-order chi connectivity index (χ0) is 13.8. The van der Waals surface area contributed by atoms with Gasteiger partial charge in [-0.15, -0.1) is 0 Å². The Morgan fingerprint density at radius 2 is 1.89 bits per heavy atom. The highest BCUT2D eigenvalue weighted by Gasteiger charge is 2.07. The lowest BCUT2D eigenvalue weighted by atomic mass is 10.3. The van der Waals surface area contributed by atoms with E-state index in [1.807, 2.05) is 18.2 Å². The lowest BCUT2D eigenvalue weighted by Gasteiger charge is -2.09. The number of hydrogen-bond acceptors (Lipinski definition) is 3. The third-order valence-corrected chi connectivity index (χ3v) is 3.92. The highest BCUT2D eigenvalue weighted by Crippen LogP contribution is 2.34. The van der Waals surface area contributed by atoms with Crippen molar-refractivity contribution in [2.24, 2.45) is 5.73 Å². The van der Waals surface area contributed by atoms with E-state index in [1.54, 1.807) is 12.1 Å². The topological polar surface area (TPSA) is 48.1 Å². The highest BCUT2D eigenvalue weighted by molar-refractivity contribution is 9.10. The molecule has 6 heteroatoms. The predicted octanol–water partition coefficient (Wildman–Crippen LogP) is 4.19. The molecule has 0 saturated carbocycles. The average Bonchev–Trinajstić information content (AvgIpc) is 2.41. The molecule has 0 aliphatic rings. The molecule has 0 spiro atoms. The molecule has 0 fully saturated rings. The third kappa shape index (κ3) is 3.83. The van der Waals surface area contributed by atoms with E-state index in [4.69, 9.17) is 33.7 Å². The second kappa shape index (κ2) is 6.57. The normalized spacial score (nSPS) is 10.5. The van der Waals surface area contributed by atoms with Crippen LogP contribution in [-0.2, 0) is 13.2 Å². The van der Waals surface area contributed by atoms with Gasteiger partial charge in [0.2, 0.25) is 0 Å². The van der Waals surface area contributed by atoms with Gasteiger partial charge in [0.05, 0.1) is 21.4 Å². The van der Waals surface area contributed by atoms with Gasteiger partial charge in [0.1, 0.15) is 12.4 Å². The fourth-order valence-corrected chi connectivity index (χ4v) is 2.34. The van der Waals surface area contributed by atoms with Crippen LogP contribution in [0.5, 0.6) is 5.75 Å². The summed E-state index contributed by atoms with van der Waals surface area (Å²) in [5, 5.41) is 1.04. The van der Waals surface area contributed by atoms with Crippen molar-refractivity contribution in [1.82, 2.24) is 4.98 Å². The van der Waals surface area contributed by atoms with Crippen LogP contribution < -0.4 is 10.5 Å². The van der Waals surface area contributed by atoms with E-state index < -0.39 is 0 Å². The predicted molar refractivity (Wildman–Crippen MR) is 80.6 cm³/mol. The van der Waals surface area contributed by atoms with Crippen LogP contribution in [0.2, 0.25) is 10.0 Å². The molecule has 2 aromatic rings. The van der Waals surface area contributed by atoms with E-state index in [2.05, 4.69) is 20.9 Å². The Labute approximate surface area is 129 Å². The van der Waals surface area contributed by atoms with Gasteiger partial charge in [0.25, 0.3) is 0 Å². The monoisotopic (exact) mass is 360 g/mol. The molecule has 0 aliphatic heterocycles. The van der Waals surface area contributed by atoms with Gasteiger partial charge < -0.3 is 10.5 Å². The third-order valence-electron chi connectivity index (χ3n) is 2.42. The fourth-order valence-electron chi connectivity index (χ4n) is 1.49. The van der Waals surface area contributed by atoms with Crippen LogP contribution in [0.3, 0.4) is 0 Å². The summed E-state index contributed by atoms with van der Waals surface area (Å²) in [6.45, 7) is 0.713. The molecular formula is C13H11BrCl2N2O. The number of benzene rings is 1. The van der Waals surface area contributed by atoms with E-state index in [9.17, 15) is 0 Å². The maximum absolute atomic E-state index is 6.07. The lowest BCUT2D eigenvalue weighted by Crippen LogP contribution is -2.04. The number of ether oxygens (including phenoxy) is 1. The number of aromatic nitrogens is 1. The van der Waals surface area contributed by atoms with E-state index >= 15 is 0 Å². The number of halogens is 3. The second-order valence-corrected chi connectivity index (χ2v) is 5.48. The Kier molecular flexibility index (Phi) is 5.05. The molecule has 0 bridgehead atoms. The maximum atomic E-state index is 6.07. The zero-order valence-corrected chi connectivity index (χ0v) is 13.0. The Morgan fingerprint density at radius 3 is 2.63 bits per heavy atom. The summed E-state index contributed by atoms with van der Waals surface area (Å²) in [7, 11) is 0. The second-order valence-electron chi connectivity index (χ2n) is 3.81. The maximum Gasteiger partial charge on any atom is 0.140 e. The van der Waals surface area contributed by atoms with Crippen LogP contribution in [-0.4, -0.2) is 4.98 Å². The Bertz CT molecular complexity index is 593. The van der Waals surface area contributed by atoms with Gasteiger partial charge in [-0.2, -0.15) is 0 Å². The first kappa shape index (κ1) is 14.6. The van der Waals surface area contributed by atoms with Crippen molar-refractivity contribution in [3.8, 4) is 5.75 Å². The molecule has 19 heavy (non-hydrogen) atoms. The van der Waals surface area contributed by atoms with Crippen molar-refractivity contribution >= 4 is 39.1 Å². The first-order valence-corrected chi connectivity index (χ1v) is 7.07. The Balaban J connectivity index is 2.12. The van der Waals surface area contributed by atoms with Gasteiger partial charge in [0.15, 0.2) is 0 Å². The number of hydrogen-bond donors (Lipinski definition) is 1. The summed E-state index contributed by atoms with van der Waals surface area (Å²) in [5.41, 5.74) is 7.15. The molecule has 100 valence electrons. The standard InChI is InChI=1S/C13H11BrCl2N2O/c14-10-4-12(16)13(5-11(10)15)19-7-9-3-1-2-8(6-17)18-9/h1-5H,6-7,17H2. The molecule has 1 heterocycles. The molecule has 0 unspecified atom stereocenters. The van der Waals surface area contributed by atoms with Gasteiger partial charge >= 0.3 is 0 Å². The quantitative estimate of drug-likeness (QED) is 0.830. The summed E-state index contributed by atoms with van der Waals surface area (Å²) in [6, 6.07) is 8.99.